The van der Waals surface area contributed by atoms with E-state index in [1.165, 1.54) is 31.0 Å². The van der Waals surface area contributed by atoms with E-state index in [4.69, 9.17) is 15.9 Å². The van der Waals surface area contributed by atoms with E-state index in [9.17, 15) is 13.2 Å². The molecule has 140 valence electrons. The number of ether oxygens (including phenoxy) is 1. The average molecular weight is 416 g/mol. The van der Waals surface area contributed by atoms with Gasteiger partial charge < -0.3 is 10.5 Å². The molecule has 1 amide bonds. The van der Waals surface area contributed by atoms with Crippen molar-refractivity contribution in [3.8, 4) is 5.75 Å². The molecule has 0 atom stereocenters. The number of carbonyl (C=O) groups excluding carboxylic acids is 1. The summed E-state index contributed by atoms with van der Waals surface area (Å²) in [4.78, 5) is 13.2. The SMILES string of the molecule is COc1ccccc1Sc1ccc(C(=O)NC(=N)N)cc1S(C)(=O)=O.Cl. The fourth-order valence-corrected chi connectivity index (χ4v) is 4.32. The molecule has 0 saturated carbocycles. The van der Waals surface area contributed by atoms with Crippen molar-refractivity contribution in [1.29, 1.82) is 5.41 Å². The van der Waals surface area contributed by atoms with Crippen LogP contribution in [-0.4, -0.2) is 33.7 Å². The van der Waals surface area contributed by atoms with Crippen LogP contribution in [0.4, 0.5) is 0 Å². The Kier molecular flexibility index (Phi) is 7.49. The van der Waals surface area contributed by atoms with Crippen LogP contribution in [0.25, 0.3) is 0 Å². The number of rotatable bonds is 5. The second-order valence-corrected chi connectivity index (χ2v) is 8.12. The number of nitrogens with two attached hydrogens (primary N) is 1. The molecule has 7 nitrogen and oxygen atoms in total. The maximum Gasteiger partial charge on any atom is 0.257 e. The molecule has 0 heterocycles. The summed E-state index contributed by atoms with van der Waals surface area (Å²) in [7, 11) is -2.05. The van der Waals surface area contributed by atoms with Gasteiger partial charge in [0.1, 0.15) is 5.75 Å². The zero-order valence-electron chi connectivity index (χ0n) is 14.0. The van der Waals surface area contributed by atoms with Crippen molar-refractivity contribution >= 4 is 45.9 Å². The van der Waals surface area contributed by atoms with E-state index in [-0.39, 0.29) is 22.9 Å². The molecule has 0 radical (unpaired) electrons. The number of nitrogens with one attached hydrogen (secondary N) is 2. The molecule has 4 N–H and O–H groups in total. The van der Waals surface area contributed by atoms with Crippen molar-refractivity contribution in [2.45, 2.75) is 14.7 Å². The molecule has 2 aromatic rings. The van der Waals surface area contributed by atoms with Crippen molar-refractivity contribution in [3.05, 3.63) is 48.0 Å². The first-order valence-corrected chi connectivity index (χ1v) is 9.73. The van der Waals surface area contributed by atoms with Gasteiger partial charge in [-0.05, 0) is 30.3 Å². The summed E-state index contributed by atoms with van der Waals surface area (Å²) in [6.07, 6.45) is 1.07. The summed E-state index contributed by atoms with van der Waals surface area (Å²) >= 11 is 1.22. The second-order valence-electron chi connectivity index (χ2n) is 5.05. The molecule has 26 heavy (non-hydrogen) atoms. The standard InChI is InChI=1S/C16H17N3O4S2.ClH/c1-23-11-5-3-4-6-12(11)24-13-8-7-10(15(20)19-16(17)18)9-14(13)25(2,21)22;/h3-9H,1-2H3,(H4,17,18,19,20);1H. The van der Waals surface area contributed by atoms with Gasteiger partial charge in [0.05, 0.1) is 16.9 Å². The van der Waals surface area contributed by atoms with Gasteiger partial charge >= 0.3 is 0 Å². The van der Waals surface area contributed by atoms with Crippen LogP contribution in [-0.2, 0) is 9.84 Å². The minimum atomic E-state index is -3.58. The number of benzene rings is 2. The number of carbonyl (C=O) groups is 1. The molecule has 0 unspecified atom stereocenters. The molecule has 0 aromatic heterocycles. The summed E-state index contributed by atoms with van der Waals surface area (Å²) in [5.74, 6) is -0.546. The monoisotopic (exact) mass is 415 g/mol. The zero-order valence-corrected chi connectivity index (χ0v) is 16.4. The van der Waals surface area contributed by atoms with Crippen molar-refractivity contribution in [2.24, 2.45) is 5.73 Å². The minimum Gasteiger partial charge on any atom is -0.496 e. The number of sulfone groups is 1. The third-order valence-corrected chi connectivity index (χ3v) is 5.54. The molecule has 2 rings (SSSR count). The summed E-state index contributed by atoms with van der Waals surface area (Å²) in [5.41, 5.74) is 5.23. The highest BCUT2D eigenvalue weighted by Crippen LogP contribution is 2.38. The fraction of sp³-hybridized carbons (Fsp3) is 0.125. The lowest BCUT2D eigenvalue weighted by Crippen LogP contribution is -2.35. The van der Waals surface area contributed by atoms with E-state index in [0.717, 1.165) is 11.2 Å². The number of hydrogen-bond acceptors (Lipinski definition) is 6. The normalized spacial score (nSPS) is 10.5. The van der Waals surface area contributed by atoms with Gasteiger partial charge in [-0.25, -0.2) is 8.42 Å². The maximum atomic E-state index is 12.2. The number of guanidine groups is 1. The molecule has 0 aliphatic carbocycles. The van der Waals surface area contributed by atoms with E-state index in [1.54, 1.807) is 12.1 Å². The molecule has 0 fully saturated rings. The highest BCUT2D eigenvalue weighted by Gasteiger charge is 2.19. The van der Waals surface area contributed by atoms with Crippen molar-refractivity contribution in [2.75, 3.05) is 13.4 Å². The Balaban J connectivity index is 0.00000338. The Morgan fingerprint density at radius 3 is 2.42 bits per heavy atom. The molecular weight excluding hydrogens is 398 g/mol. The Labute approximate surface area is 162 Å². The third kappa shape index (κ3) is 5.38. The first kappa shape index (κ1) is 21.8. The van der Waals surface area contributed by atoms with Gasteiger partial charge in [-0.3, -0.25) is 15.5 Å². The number of para-hydroxylation sites is 1. The quantitative estimate of drug-likeness (QED) is 0.508. The van der Waals surface area contributed by atoms with Gasteiger partial charge in [0.15, 0.2) is 15.8 Å². The van der Waals surface area contributed by atoms with E-state index in [0.29, 0.717) is 10.6 Å². The van der Waals surface area contributed by atoms with Gasteiger partial charge in [0, 0.05) is 16.7 Å². The van der Waals surface area contributed by atoms with Crippen LogP contribution in [0.15, 0.2) is 57.2 Å². The van der Waals surface area contributed by atoms with Gasteiger partial charge in [0.2, 0.25) is 0 Å². The Bertz CT molecular complexity index is 933. The Morgan fingerprint density at radius 1 is 1.19 bits per heavy atom. The van der Waals surface area contributed by atoms with Gasteiger partial charge in [-0.15, -0.1) is 12.4 Å². The summed E-state index contributed by atoms with van der Waals surface area (Å²) in [6.45, 7) is 0. The average Bonchev–Trinajstić information content (AvgIpc) is 2.54. The lowest BCUT2D eigenvalue weighted by Gasteiger charge is -2.12. The highest BCUT2D eigenvalue weighted by molar-refractivity contribution is 8.00. The molecule has 0 aliphatic rings. The van der Waals surface area contributed by atoms with Crippen molar-refractivity contribution in [1.82, 2.24) is 5.32 Å². The van der Waals surface area contributed by atoms with Crippen LogP contribution in [0.5, 0.6) is 5.75 Å². The topological polar surface area (TPSA) is 122 Å². The number of hydrogen-bond donors (Lipinski definition) is 3. The number of halogens is 1. The van der Waals surface area contributed by atoms with Gasteiger partial charge in [-0.2, -0.15) is 0 Å². The van der Waals surface area contributed by atoms with E-state index >= 15 is 0 Å². The molecule has 0 saturated heterocycles. The Morgan fingerprint density at radius 2 is 1.85 bits per heavy atom. The maximum absolute atomic E-state index is 12.2. The van der Waals surface area contributed by atoms with Crippen LogP contribution < -0.4 is 15.8 Å². The summed E-state index contributed by atoms with van der Waals surface area (Å²) in [5, 5.41) is 9.22. The third-order valence-electron chi connectivity index (χ3n) is 3.14. The molecule has 10 heteroatoms. The van der Waals surface area contributed by atoms with Gasteiger partial charge in [-0.1, -0.05) is 23.9 Å². The molecule has 0 aliphatic heterocycles. The predicted octanol–water partition coefficient (Wildman–Crippen LogP) is 2.29. The lowest BCUT2D eigenvalue weighted by molar-refractivity contribution is 0.0976. The minimum absolute atomic E-state index is 0. The molecule has 0 spiro atoms. The van der Waals surface area contributed by atoms with Crippen LogP contribution >= 0.6 is 24.2 Å². The van der Waals surface area contributed by atoms with E-state index < -0.39 is 21.7 Å². The highest BCUT2D eigenvalue weighted by atomic mass is 35.5. The van der Waals surface area contributed by atoms with Gasteiger partial charge in [0.25, 0.3) is 5.91 Å². The van der Waals surface area contributed by atoms with Crippen LogP contribution in [0.1, 0.15) is 10.4 Å². The van der Waals surface area contributed by atoms with Crippen molar-refractivity contribution in [3.63, 3.8) is 0 Å². The van der Waals surface area contributed by atoms with E-state index in [1.807, 2.05) is 18.2 Å². The van der Waals surface area contributed by atoms with Crippen molar-refractivity contribution < 1.29 is 17.9 Å². The molecular formula is C16H18ClN3O4S2. The number of amides is 1. The van der Waals surface area contributed by atoms with Crippen LogP contribution in [0.3, 0.4) is 0 Å². The van der Waals surface area contributed by atoms with E-state index in [2.05, 4.69) is 5.32 Å². The fourth-order valence-electron chi connectivity index (χ4n) is 2.04. The largest absolute Gasteiger partial charge is 0.496 e. The zero-order chi connectivity index (χ0) is 18.6. The predicted molar refractivity (Wildman–Crippen MR) is 103 cm³/mol. The van der Waals surface area contributed by atoms with Crippen LogP contribution in [0.2, 0.25) is 0 Å². The molecule has 2 aromatic carbocycles. The second kappa shape index (κ2) is 8.93. The summed E-state index contributed by atoms with van der Waals surface area (Å²) < 4.78 is 29.6. The Hall–Kier alpha value is -2.23. The van der Waals surface area contributed by atoms with Crippen LogP contribution in [0, 0.1) is 5.41 Å². The lowest BCUT2D eigenvalue weighted by atomic mass is 10.2. The number of methoxy groups -OCH3 is 1. The summed E-state index contributed by atoms with van der Waals surface area (Å²) in [6, 6.07) is 11.5. The smallest absolute Gasteiger partial charge is 0.257 e. The molecule has 0 bridgehead atoms. The first-order chi connectivity index (χ1) is 11.7. The first-order valence-electron chi connectivity index (χ1n) is 7.02.